The minimum absolute atomic E-state index is 0.278. The average Bonchev–Trinajstić information content (AvgIpc) is 3.35. The Labute approximate surface area is 219 Å². The Kier molecular flexibility index (Phi) is 7.02. The van der Waals surface area contributed by atoms with Crippen molar-refractivity contribution in [3.05, 3.63) is 102 Å². The molecule has 5 aromatic rings. The second-order valence-electron chi connectivity index (χ2n) is 8.34. The molecule has 4 N–H and O–H groups in total. The summed E-state index contributed by atoms with van der Waals surface area (Å²) in [5.41, 5.74) is 11.5. The van der Waals surface area contributed by atoms with Crippen molar-refractivity contribution < 1.29 is 9.53 Å². The predicted octanol–water partition coefficient (Wildman–Crippen LogP) is 6.93. The van der Waals surface area contributed by atoms with Gasteiger partial charge in [-0.05, 0) is 59.8 Å². The van der Waals surface area contributed by atoms with Crippen LogP contribution in [0.2, 0.25) is 0 Å². The second-order valence-corrected chi connectivity index (χ2v) is 9.22. The number of rotatable bonds is 5. The molecule has 6 nitrogen and oxygen atoms in total. The van der Waals surface area contributed by atoms with Crippen LogP contribution in [0.1, 0.15) is 11.1 Å². The van der Waals surface area contributed by atoms with Gasteiger partial charge in [-0.15, -0.1) is 11.3 Å². The molecule has 0 bridgehead atoms. The third-order valence-corrected chi connectivity index (χ3v) is 6.64. The molecule has 37 heavy (non-hydrogen) atoms. The Morgan fingerprint density at radius 3 is 2.57 bits per heavy atom. The van der Waals surface area contributed by atoms with Crippen LogP contribution in [0.5, 0.6) is 5.75 Å². The van der Waals surface area contributed by atoms with Crippen molar-refractivity contribution in [2.45, 2.75) is 6.92 Å². The predicted molar refractivity (Wildman–Crippen MR) is 152 cm³/mol. The average molecular weight is 505 g/mol. The van der Waals surface area contributed by atoms with Gasteiger partial charge in [0.25, 0.3) is 0 Å². The largest absolute Gasteiger partial charge is 0.481 e. The Bertz CT molecular complexity index is 1620. The number of pyridine rings is 1. The van der Waals surface area contributed by atoms with Crippen LogP contribution < -0.4 is 21.1 Å². The number of nitrogens with zero attached hydrogens (tertiary/aromatic N) is 1. The lowest BCUT2D eigenvalue weighted by molar-refractivity contribution is 0.262. The molecule has 0 aliphatic heterocycles. The number of nitrogens with one attached hydrogen (secondary N) is 2. The molecule has 0 atom stereocenters. The minimum Gasteiger partial charge on any atom is -0.481 e. The minimum atomic E-state index is -0.299. The first-order valence-electron chi connectivity index (χ1n) is 11.6. The van der Waals surface area contributed by atoms with Gasteiger partial charge in [-0.3, -0.25) is 0 Å². The van der Waals surface area contributed by atoms with Gasteiger partial charge < -0.3 is 21.1 Å². The maximum Gasteiger partial charge on any atom is 0.323 e. The maximum atomic E-state index is 12.4. The smallest absolute Gasteiger partial charge is 0.323 e. The van der Waals surface area contributed by atoms with Crippen molar-refractivity contribution in [1.82, 2.24) is 4.98 Å². The van der Waals surface area contributed by atoms with Gasteiger partial charge in [0.1, 0.15) is 18.2 Å². The highest BCUT2D eigenvalue weighted by atomic mass is 32.1. The first-order chi connectivity index (χ1) is 18.1. The number of benzene rings is 3. The highest BCUT2D eigenvalue weighted by Crippen LogP contribution is 2.38. The van der Waals surface area contributed by atoms with Crippen LogP contribution in [0.3, 0.4) is 0 Å². The van der Waals surface area contributed by atoms with E-state index in [0.29, 0.717) is 11.5 Å². The van der Waals surface area contributed by atoms with Crippen molar-refractivity contribution in [3.63, 3.8) is 0 Å². The lowest BCUT2D eigenvalue weighted by Gasteiger charge is -2.09. The van der Waals surface area contributed by atoms with E-state index in [9.17, 15) is 4.79 Å². The molecule has 0 fully saturated rings. The SMILES string of the molecule is Cc1cccc(NC(=O)Nc2ccc(-c3csc4c(C#CCOc5ccccc5)cnc(N)c34)cc2)c1. The maximum absolute atomic E-state index is 12.4. The summed E-state index contributed by atoms with van der Waals surface area (Å²) < 4.78 is 6.65. The molecule has 5 rings (SSSR count). The molecule has 0 radical (unpaired) electrons. The molecule has 7 heteroatoms. The van der Waals surface area contributed by atoms with Crippen molar-refractivity contribution in [3.8, 4) is 28.7 Å². The van der Waals surface area contributed by atoms with Crippen LogP contribution in [0.25, 0.3) is 21.2 Å². The molecule has 0 saturated carbocycles. The molecule has 182 valence electrons. The summed E-state index contributed by atoms with van der Waals surface area (Å²) in [6.07, 6.45) is 1.70. The third kappa shape index (κ3) is 5.72. The van der Waals surface area contributed by atoms with Gasteiger partial charge in [-0.25, -0.2) is 9.78 Å². The number of urea groups is 1. The summed E-state index contributed by atoms with van der Waals surface area (Å²) in [7, 11) is 0. The van der Waals surface area contributed by atoms with Crippen LogP contribution >= 0.6 is 11.3 Å². The number of para-hydroxylation sites is 1. The summed E-state index contributed by atoms with van der Waals surface area (Å²) in [6, 6.07) is 24.6. The number of nitrogen functional groups attached to an aromatic ring is 1. The Morgan fingerprint density at radius 1 is 1.00 bits per heavy atom. The van der Waals surface area contributed by atoms with Crippen molar-refractivity contribution >= 4 is 44.6 Å². The van der Waals surface area contributed by atoms with Gasteiger partial charge in [0.15, 0.2) is 0 Å². The van der Waals surface area contributed by atoms with Gasteiger partial charge in [0.2, 0.25) is 0 Å². The summed E-state index contributed by atoms with van der Waals surface area (Å²) in [5.74, 6) is 7.47. The van der Waals surface area contributed by atoms with Crippen molar-refractivity contribution in [1.29, 1.82) is 0 Å². The Balaban J connectivity index is 1.31. The molecule has 2 aromatic heterocycles. The fourth-order valence-electron chi connectivity index (χ4n) is 3.89. The number of hydrogen-bond donors (Lipinski definition) is 3. The highest BCUT2D eigenvalue weighted by Gasteiger charge is 2.13. The van der Waals surface area contributed by atoms with Crippen LogP contribution in [0.15, 0.2) is 90.4 Å². The van der Waals surface area contributed by atoms with E-state index in [4.69, 9.17) is 10.5 Å². The van der Waals surface area contributed by atoms with Crippen LogP contribution in [-0.4, -0.2) is 17.6 Å². The van der Waals surface area contributed by atoms with Crippen LogP contribution in [-0.2, 0) is 0 Å². The van der Waals surface area contributed by atoms with E-state index in [1.807, 2.05) is 85.8 Å². The van der Waals surface area contributed by atoms with Crippen LogP contribution in [0, 0.1) is 18.8 Å². The quantitative estimate of drug-likeness (QED) is 0.227. The van der Waals surface area contributed by atoms with E-state index in [2.05, 4.69) is 32.8 Å². The number of thiophene rings is 1. The molecule has 0 aliphatic carbocycles. The summed E-state index contributed by atoms with van der Waals surface area (Å²) in [5, 5.41) is 8.64. The fourth-order valence-corrected chi connectivity index (χ4v) is 4.94. The molecule has 0 saturated heterocycles. The first-order valence-corrected chi connectivity index (χ1v) is 12.5. The number of aromatic nitrogens is 1. The van der Waals surface area contributed by atoms with Crippen LogP contribution in [0.4, 0.5) is 22.0 Å². The van der Waals surface area contributed by atoms with Gasteiger partial charge in [-0.1, -0.05) is 54.3 Å². The van der Waals surface area contributed by atoms with E-state index >= 15 is 0 Å². The summed E-state index contributed by atoms with van der Waals surface area (Å²) >= 11 is 1.58. The second kappa shape index (κ2) is 10.9. The molecule has 3 aromatic carbocycles. The van der Waals surface area contributed by atoms with E-state index < -0.39 is 0 Å². The number of anilines is 3. The van der Waals surface area contributed by atoms with E-state index in [1.54, 1.807) is 17.5 Å². The highest BCUT2D eigenvalue weighted by molar-refractivity contribution is 7.18. The van der Waals surface area contributed by atoms with E-state index in [-0.39, 0.29) is 12.6 Å². The normalized spacial score (nSPS) is 10.4. The number of aryl methyl sites for hydroxylation is 1. The Morgan fingerprint density at radius 2 is 1.78 bits per heavy atom. The Hall–Kier alpha value is -4.80. The zero-order valence-electron chi connectivity index (χ0n) is 20.1. The zero-order valence-corrected chi connectivity index (χ0v) is 20.9. The number of amides is 2. The number of carbonyl (C=O) groups is 1. The molecule has 0 spiro atoms. The summed E-state index contributed by atoms with van der Waals surface area (Å²) in [4.78, 5) is 16.8. The van der Waals surface area contributed by atoms with Gasteiger partial charge in [0, 0.05) is 28.5 Å². The number of nitrogens with two attached hydrogens (primary N) is 1. The molecule has 2 amide bonds. The number of carbonyl (C=O) groups excluding carboxylic acids is 1. The molecule has 0 aliphatic rings. The summed E-state index contributed by atoms with van der Waals surface area (Å²) in [6.45, 7) is 2.26. The molecular formula is C30H24N4O2S. The molecular weight excluding hydrogens is 480 g/mol. The zero-order chi connectivity index (χ0) is 25.6. The van der Waals surface area contributed by atoms with E-state index in [0.717, 1.165) is 43.8 Å². The standard InChI is InChI=1S/C30H24N4O2S/c1-20-7-5-9-24(17-20)34-30(35)33-23-14-12-21(13-15-23)26-19-37-28-22(18-32-29(31)27(26)28)8-6-16-36-25-10-3-2-4-11-25/h2-5,7,9-15,17-19H,16H2,1H3,(H2,31,32)(H2,33,34,35). The van der Waals surface area contributed by atoms with Gasteiger partial charge in [-0.2, -0.15) is 0 Å². The van der Waals surface area contributed by atoms with Gasteiger partial charge in [0.05, 0.1) is 10.3 Å². The fraction of sp³-hybridized carbons (Fsp3) is 0.0667. The number of fused-ring (bicyclic) bond motifs is 1. The third-order valence-electron chi connectivity index (χ3n) is 5.63. The topological polar surface area (TPSA) is 89.3 Å². The van der Waals surface area contributed by atoms with Gasteiger partial charge >= 0.3 is 6.03 Å². The molecule has 2 heterocycles. The number of ether oxygens (including phenoxy) is 1. The van der Waals surface area contributed by atoms with E-state index in [1.165, 1.54) is 0 Å². The number of hydrogen-bond acceptors (Lipinski definition) is 5. The lowest BCUT2D eigenvalue weighted by Crippen LogP contribution is -2.19. The molecule has 0 unspecified atom stereocenters. The lowest BCUT2D eigenvalue weighted by atomic mass is 10.0. The van der Waals surface area contributed by atoms with Crippen molar-refractivity contribution in [2.75, 3.05) is 23.0 Å². The monoisotopic (exact) mass is 504 g/mol. The van der Waals surface area contributed by atoms with Crippen molar-refractivity contribution in [2.24, 2.45) is 0 Å². The first kappa shape index (κ1) is 23.9.